The van der Waals surface area contributed by atoms with Crippen LogP contribution in [-0.2, 0) is 4.79 Å². The molecule has 0 aliphatic rings. The number of benzene rings is 2. The van der Waals surface area contributed by atoms with Gasteiger partial charge in [-0.05, 0) is 42.5 Å². The largest absolute Gasteiger partial charge is 0.326 e. The third-order valence-electron chi connectivity index (χ3n) is 3.13. The van der Waals surface area contributed by atoms with Crippen molar-refractivity contribution in [1.29, 1.82) is 0 Å². The van der Waals surface area contributed by atoms with Crippen molar-refractivity contribution in [2.45, 2.75) is 13.3 Å². The van der Waals surface area contributed by atoms with E-state index in [2.05, 4.69) is 32.1 Å². The lowest BCUT2D eigenvalue weighted by Crippen LogP contribution is -2.41. The van der Waals surface area contributed by atoms with E-state index in [1.54, 1.807) is 55.5 Å². The van der Waals surface area contributed by atoms with Gasteiger partial charge >= 0.3 is 0 Å². The minimum Gasteiger partial charge on any atom is -0.326 e. The molecule has 7 heteroatoms. The predicted molar refractivity (Wildman–Crippen MR) is 94.4 cm³/mol. The van der Waals surface area contributed by atoms with Crippen molar-refractivity contribution in [1.82, 2.24) is 10.9 Å². The maximum absolute atomic E-state index is 12.0. The third kappa shape index (κ3) is 4.92. The van der Waals surface area contributed by atoms with Gasteiger partial charge in [-0.15, -0.1) is 0 Å². The number of rotatable bonds is 4. The van der Waals surface area contributed by atoms with Crippen molar-refractivity contribution in [2.75, 3.05) is 5.32 Å². The van der Waals surface area contributed by atoms with Gasteiger partial charge in [0.25, 0.3) is 11.8 Å². The summed E-state index contributed by atoms with van der Waals surface area (Å²) in [7, 11) is 0. The summed E-state index contributed by atoms with van der Waals surface area (Å²) in [5.41, 5.74) is 6.09. The van der Waals surface area contributed by atoms with Crippen molar-refractivity contribution in [2.24, 2.45) is 0 Å². The second kappa shape index (κ2) is 8.26. The Labute approximate surface area is 147 Å². The highest BCUT2D eigenvalue weighted by molar-refractivity contribution is 9.10. The molecule has 0 radical (unpaired) electrons. The number of amides is 3. The van der Waals surface area contributed by atoms with Gasteiger partial charge in [-0.2, -0.15) is 0 Å². The van der Waals surface area contributed by atoms with Gasteiger partial charge in [-0.25, -0.2) is 0 Å². The number of hydrazine groups is 1. The van der Waals surface area contributed by atoms with E-state index in [4.69, 9.17) is 0 Å². The maximum Gasteiger partial charge on any atom is 0.269 e. The Morgan fingerprint density at radius 1 is 0.917 bits per heavy atom. The first-order valence-electron chi connectivity index (χ1n) is 7.25. The molecule has 2 aromatic carbocycles. The zero-order valence-corrected chi connectivity index (χ0v) is 14.5. The Bertz CT molecular complexity index is 760. The second-order valence-electron chi connectivity index (χ2n) is 4.90. The number of anilines is 1. The lowest BCUT2D eigenvalue weighted by molar-refractivity contribution is -0.115. The summed E-state index contributed by atoms with van der Waals surface area (Å²) in [4.78, 5) is 35.3. The topological polar surface area (TPSA) is 87.3 Å². The summed E-state index contributed by atoms with van der Waals surface area (Å²) in [5, 5.41) is 2.69. The SMILES string of the molecule is CCC(=O)Nc1ccc(C(=O)NNC(=O)c2cccc(Br)c2)cc1. The Balaban J connectivity index is 1.92. The molecule has 0 atom stereocenters. The molecule has 2 rings (SSSR count). The summed E-state index contributed by atoms with van der Waals surface area (Å²) in [6.07, 6.45) is 0.379. The lowest BCUT2D eigenvalue weighted by atomic mass is 10.2. The summed E-state index contributed by atoms with van der Waals surface area (Å²) in [5.74, 6) is -0.975. The number of carbonyl (C=O) groups excluding carboxylic acids is 3. The number of carbonyl (C=O) groups is 3. The Kier molecular flexibility index (Phi) is 6.08. The maximum atomic E-state index is 12.0. The van der Waals surface area contributed by atoms with Crippen LogP contribution in [0.2, 0.25) is 0 Å². The molecule has 124 valence electrons. The molecule has 24 heavy (non-hydrogen) atoms. The van der Waals surface area contributed by atoms with E-state index in [1.807, 2.05) is 0 Å². The summed E-state index contributed by atoms with van der Waals surface area (Å²) >= 11 is 3.28. The van der Waals surface area contributed by atoms with Gasteiger partial charge in [0, 0.05) is 27.7 Å². The Morgan fingerprint density at radius 3 is 2.12 bits per heavy atom. The molecule has 6 nitrogen and oxygen atoms in total. The predicted octanol–water partition coefficient (Wildman–Crippen LogP) is 2.87. The van der Waals surface area contributed by atoms with Crippen LogP contribution in [0.25, 0.3) is 0 Å². The fraction of sp³-hybridized carbons (Fsp3) is 0.118. The van der Waals surface area contributed by atoms with E-state index < -0.39 is 11.8 Å². The molecule has 0 spiro atoms. The van der Waals surface area contributed by atoms with Crippen LogP contribution in [0.15, 0.2) is 53.0 Å². The van der Waals surface area contributed by atoms with E-state index in [9.17, 15) is 14.4 Å². The highest BCUT2D eigenvalue weighted by Gasteiger charge is 2.09. The first-order valence-corrected chi connectivity index (χ1v) is 8.05. The average molecular weight is 390 g/mol. The normalized spacial score (nSPS) is 9.92. The molecule has 0 heterocycles. The van der Waals surface area contributed by atoms with Crippen LogP contribution in [0.3, 0.4) is 0 Å². The highest BCUT2D eigenvalue weighted by atomic mass is 79.9. The van der Waals surface area contributed by atoms with E-state index in [-0.39, 0.29) is 5.91 Å². The van der Waals surface area contributed by atoms with Crippen molar-refractivity contribution in [3.8, 4) is 0 Å². The standard InChI is InChI=1S/C17H16BrN3O3/c1-2-15(22)19-14-8-6-11(7-9-14)16(23)20-21-17(24)12-4-3-5-13(18)10-12/h3-10H,2H2,1H3,(H,19,22)(H,20,23)(H,21,24). The van der Waals surface area contributed by atoms with Crippen LogP contribution < -0.4 is 16.2 Å². The molecule has 0 saturated carbocycles. The van der Waals surface area contributed by atoms with Gasteiger partial charge in [0.1, 0.15) is 0 Å². The molecule has 2 aromatic rings. The molecule has 0 unspecified atom stereocenters. The summed E-state index contributed by atoms with van der Waals surface area (Å²) < 4.78 is 0.770. The molecular weight excluding hydrogens is 374 g/mol. The minimum absolute atomic E-state index is 0.103. The van der Waals surface area contributed by atoms with Crippen molar-refractivity contribution >= 4 is 39.3 Å². The van der Waals surface area contributed by atoms with E-state index in [0.29, 0.717) is 23.2 Å². The fourth-order valence-electron chi connectivity index (χ4n) is 1.84. The van der Waals surface area contributed by atoms with Gasteiger partial charge in [0.2, 0.25) is 5.91 Å². The zero-order valence-electron chi connectivity index (χ0n) is 12.9. The number of hydrogen-bond acceptors (Lipinski definition) is 3. The molecule has 3 amide bonds. The fourth-order valence-corrected chi connectivity index (χ4v) is 2.24. The molecule has 0 aliphatic carbocycles. The van der Waals surface area contributed by atoms with Crippen LogP contribution >= 0.6 is 15.9 Å². The first-order chi connectivity index (χ1) is 11.5. The molecule has 0 saturated heterocycles. The van der Waals surface area contributed by atoms with Crippen LogP contribution in [0.5, 0.6) is 0 Å². The van der Waals surface area contributed by atoms with Crippen LogP contribution in [0.1, 0.15) is 34.1 Å². The van der Waals surface area contributed by atoms with Crippen LogP contribution in [-0.4, -0.2) is 17.7 Å². The van der Waals surface area contributed by atoms with Gasteiger partial charge in [0.05, 0.1) is 0 Å². The van der Waals surface area contributed by atoms with Crippen molar-refractivity contribution in [3.05, 3.63) is 64.1 Å². The van der Waals surface area contributed by atoms with Crippen LogP contribution in [0, 0.1) is 0 Å². The lowest BCUT2D eigenvalue weighted by Gasteiger charge is -2.08. The highest BCUT2D eigenvalue weighted by Crippen LogP contribution is 2.12. The Hall–Kier alpha value is -2.67. The van der Waals surface area contributed by atoms with Gasteiger partial charge in [-0.1, -0.05) is 28.9 Å². The van der Waals surface area contributed by atoms with Gasteiger partial charge in [0.15, 0.2) is 0 Å². The van der Waals surface area contributed by atoms with Crippen LogP contribution in [0.4, 0.5) is 5.69 Å². The van der Waals surface area contributed by atoms with Gasteiger partial charge < -0.3 is 5.32 Å². The molecular formula is C17H16BrN3O3. The van der Waals surface area contributed by atoms with Crippen molar-refractivity contribution in [3.63, 3.8) is 0 Å². The minimum atomic E-state index is -0.452. The molecule has 0 bridgehead atoms. The van der Waals surface area contributed by atoms with E-state index in [0.717, 1.165) is 4.47 Å². The summed E-state index contributed by atoms with van der Waals surface area (Å²) in [6, 6.07) is 13.2. The molecule has 0 fully saturated rings. The van der Waals surface area contributed by atoms with Crippen molar-refractivity contribution < 1.29 is 14.4 Å². The first kappa shape index (κ1) is 17.7. The molecule has 3 N–H and O–H groups in total. The quantitative estimate of drug-likeness (QED) is 0.702. The average Bonchev–Trinajstić information content (AvgIpc) is 2.59. The smallest absolute Gasteiger partial charge is 0.269 e. The number of nitrogens with one attached hydrogen (secondary N) is 3. The molecule has 0 aliphatic heterocycles. The zero-order chi connectivity index (χ0) is 17.5. The number of hydrogen-bond donors (Lipinski definition) is 3. The number of halogens is 1. The van der Waals surface area contributed by atoms with E-state index >= 15 is 0 Å². The molecule has 0 aromatic heterocycles. The van der Waals surface area contributed by atoms with E-state index in [1.165, 1.54) is 0 Å². The third-order valence-corrected chi connectivity index (χ3v) is 3.62. The van der Waals surface area contributed by atoms with Gasteiger partial charge in [-0.3, -0.25) is 25.2 Å². The monoisotopic (exact) mass is 389 g/mol. The summed E-state index contributed by atoms with van der Waals surface area (Å²) in [6.45, 7) is 1.76. The Morgan fingerprint density at radius 2 is 1.54 bits per heavy atom. The second-order valence-corrected chi connectivity index (χ2v) is 5.81.